The van der Waals surface area contributed by atoms with Crippen LogP contribution in [-0.2, 0) is 13.0 Å². The molecule has 0 bridgehead atoms. The fourth-order valence-electron chi connectivity index (χ4n) is 4.97. The predicted molar refractivity (Wildman–Crippen MR) is 128 cm³/mol. The van der Waals surface area contributed by atoms with Crippen molar-refractivity contribution in [3.8, 4) is 11.5 Å². The lowest BCUT2D eigenvalue weighted by molar-refractivity contribution is 0.413. The van der Waals surface area contributed by atoms with E-state index in [-0.39, 0.29) is 0 Å². The number of aromatic nitrogens is 2. The van der Waals surface area contributed by atoms with Crippen molar-refractivity contribution in [2.24, 2.45) is 0 Å². The molecule has 0 atom stereocenters. The Morgan fingerprint density at radius 3 is 2.61 bits per heavy atom. The number of anilines is 1. The molecule has 1 aliphatic rings. The fourth-order valence-corrected chi connectivity index (χ4v) is 4.97. The minimum absolute atomic E-state index is 0.906. The lowest BCUT2D eigenvalue weighted by atomic mass is 10.1. The summed E-state index contributed by atoms with van der Waals surface area (Å²) in [6.45, 7) is 3.22. The van der Waals surface area contributed by atoms with Gasteiger partial charge < -0.3 is 23.9 Å². The molecule has 2 aromatic carbocycles. The summed E-state index contributed by atoms with van der Waals surface area (Å²) >= 11 is 0. The van der Waals surface area contributed by atoms with Gasteiger partial charge in [0, 0.05) is 48.3 Å². The molecule has 1 fully saturated rings. The zero-order chi connectivity index (χ0) is 21.2. The molecule has 31 heavy (non-hydrogen) atoms. The number of aryl methyl sites for hydroxylation is 2. The van der Waals surface area contributed by atoms with Crippen molar-refractivity contribution < 1.29 is 9.47 Å². The number of piperidine rings is 1. The summed E-state index contributed by atoms with van der Waals surface area (Å²) in [7, 11) is 3.50. The van der Waals surface area contributed by atoms with Crippen LogP contribution in [0.3, 0.4) is 0 Å². The third kappa shape index (κ3) is 3.73. The number of benzene rings is 2. The molecule has 1 N–H and O–H groups in total. The van der Waals surface area contributed by atoms with Gasteiger partial charge in [-0.1, -0.05) is 0 Å². The molecule has 0 amide bonds. The fraction of sp³-hybridized carbons (Fsp3) is 0.385. The Bertz CT molecular complexity index is 1180. The van der Waals surface area contributed by atoms with E-state index in [9.17, 15) is 0 Å². The number of nitrogens with one attached hydrogen (secondary N) is 1. The lowest BCUT2D eigenvalue weighted by Crippen LogP contribution is -2.29. The summed E-state index contributed by atoms with van der Waals surface area (Å²) in [6, 6.07) is 12.8. The molecule has 1 saturated heterocycles. The summed E-state index contributed by atoms with van der Waals surface area (Å²) in [4.78, 5) is 5.90. The molecule has 5 nitrogen and oxygen atoms in total. The molecule has 4 aromatic rings. The molecular formula is C26H31N3O2. The van der Waals surface area contributed by atoms with Gasteiger partial charge in [-0.15, -0.1) is 0 Å². The Balaban J connectivity index is 1.37. The molecular weight excluding hydrogens is 386 g/mol. The average Bonchev–Trinajstić information content (AvgIpc) is 3.42. The first kappa shape index (κ1) is 19.9. The summed E-state index contributed by atoms with van der Waals surface area (Å²) < 4.78 is 13.5. The van der Waals surface area contributed by atoms with Gasteiger partial charge >= 0.3 is 0 Å². The minimum atomic E-state index is 0.906. The zero-order valence-corrected chi connectivity index (χ0v) is 18.5. The topological polar surface area (TPSA) is 42.4 Å². The number of ether oxygens (including phenoxy) is 2. The first-order chi connectivity index (χ1) is 15.3. The van der Waals surface area contributed by atoms with Gasteiger partial charge in [-0.3, -0.25) is 0 Å². The van der Waals surface area contributed by atoms with Crippen molar-refractivity contribution in [2.75, 3.05) is 32.2 Å². The number of methoxy groups -OCH3 is 2. The van der Waals surface area contributed by atoms with E-state index in [2.05, 4.69) is 57.2 Å². The number of rotatable bonds is 7. The maximum Gasteiger partial charge on any atom is 0.142 e. The smallest absolute Gasteiger partial charge is 0.142 e. The van der Waals surface area contributed by atoms with Crippen LogP contribution < -0.4 is 14.4 Å². The maximum atomic E-state index is 5.74. The first-order valence-electron chi connectivity index (χ1n) is 11.3. The van der Waals surface area contributed by atoms with Gasteiger partial charge in [0.1, 0.15) is 11.5 Å². The van der Waals surface area contributed by atoms with Crippen LogP contribution in [0.2, 0.25) is 0 Å². The Morgan fingerprint density at radius 1 is 0.935 bits per heavy atom. The maximum absolute atomic E-state index is 5.74. The van der Waals surface area contributed by atoms with Crippen LogP contribution >= 0.6 is 0 Å². The minimum Gasteiger partial charge on any atom is -0.497 e. The molecule has 2 aromatic heterocycles. The van der Waals surface area contributed by atoms with Crippen LogP contribution in [-0.4, -0.2) is 36.9 Å². The van der Waals surface area contributed by atoms with Gasteiger partial charge in [0.05, 0.1) is 25.4 Å². The van der Waals surface area contributed by atoms with Crippen molar-refractivity contribution in [3.63, 3.8) is 0 Å². The Morgan fingerprint density at radius 2 is 1.81 bits per heavy atom. The third-order valence-electron chi connectivity index (χ3n) is 6.60. The number of hydrogen-bond donors (Lipinski definition) is 1. The van der Waals surface area contributed by atoms with Crippen LogP contribution in [0.5, 0.6) is 11.5 Å². The molecule has 0 aliphatic carbocycles. The van der Waals surface area contributed by atoms with Gasteiger partial charge in [0.25, 0.3) is 0 Å². The number of H-pyrrole nitrogens is 1. The average molecular weight is 418 g/mol. The van der Waals surface area contributed by atoms with Crippen LogP contribution in [0, 0.1) is 0 Å². The van der Waals surface area contributed by atoms with Crippen molar-refractivity contribution in [1.82, 2.24) is 9.55 Å². The number of nitrogens with zero attached hydrogens (tertiary/aromatic N) is 2. The van der Waals surface area contributed by atoms with E-state index in [0.717, 1.165) is 44.0 Å². The first-order valence-corrected chi connectivity index (χ1v) is 11.3. The SMILES string of the molecule is COc1ccc2[nH]cc(CCCn3ccc4c(N5CCCCC5)c(OC)ccc43)c2c1. The van der Waals surface area contributed by atoms with Crippen molar-refractivity contribution in [1.29, 1.82) is 0 Å². The summed E-state index contributed by atoms with van der Waals surface area (Å²) in [5.74, 6) is 1.89. The summed E-state index contributed by atoms with van der Waals surface area (Å²) in [5, 5.41) is 2.56. The predicted octanol–water partition coefficient (Wildman–Crippen LogP) is 5.76. The van der Waals surface area contributed by atoms with Crippen molar-refractivity contribution in [2.45, 2.75) is 38.6 Å². The van der Waals surface area contributed by atoms with E-state index in [4.69, 9.17) is 9.47 Å². The largest absolute Gasteiger partial charge is 0.497 e. The standard InChI is InChI=1S/C26H31N3O2/c1-30-20-8-9-23-22(17-20)19(18-27-23)7-6-15-28-16-12-21-24(28)10-11-25(31-2)26(21)29-13-4-3-5-14-29/h8-12,16-18,27H,3-7,13-15H2,1-2H3. The van der Waals surface area contributed by atoms with E-state index < -0.39 is 0 Å². The summed E-state index contributed by atoms with van der Waals surface area (Å²) in [6.07, 6.45) is 10.3. The van der Waals surface area contributed by atoms with Crippen LogP contribution in [0.25, 0.3) is 21.8 Å². The second kappa shape index (κ2) is 8.58. The highest BCUT2D eigenvalue weighted by molar-refractivity contribution is 5.96. The van der Waals surface area contributed by atoms with Crippen LogP contribution in [0.1, 0.15) is 31.2 Å². The van der Waals surface area contributed by atoms with E-state index in [1.807, 2.05) is 6.07 Å². The van der Waals surface area contributed by atoms with Gasteiger partial charge in [0.2, 0.25) is 0 Å². The second-order valence-electron chi connectivity index (χ2n) is 8.44. The molecule has 5 heteroatoms. The van der Waals surface area contributed by atoms with Gasteiger partial charge in [0.15, 0.2) is 0 Å². The molecule has 3 heterocycles. The van der Waals surface area contributed by atoms with Crippen LogP contribution in [0.4, 0.5) is 5.69 Å². The highest BCUT2D eigenvalue weighted by Gasteiger charge is 2.19. The van der Waals surface area contributed by atoms with Gasteiger partial charge in [-0.05, 0) is 74.1 Å². The lowest BCUT2D eigenvalue weighted by Gasteiger charge is -2.30. The van der Waals surface area contributed by atoms with Crippen molar-refractivity contribution >= 4 is 27.5 Å². The van der Waals surface area contributed by atoms with Gasteiger partial charge in [-0.25, -0.2) is 0 Å². The Kier molecular flexibility index (Phi) is 5.49. The number of aromatic amines is 1. The van der Waals surface area contributed by atoms with E-state index in [0.29, 0.717) is 0 Å². The van der Waals surface area contributed by atoms with E-state index in [1.54, 1.807) is 14.2 Å². The zero-order valence-electron chi connectivity index (χ0n) is 18.5. The second-order valence-corrected chi connectivity index (χ2v) is 8.44. The molecule has 5 rings (SSSR count). The third-order valence-corrected chi connectivity index (χ3v) is 6.60. The molecule has 0 radical (unpaired) electrons. The van der Waals surface area contributed by atoms with E-state index in [1.165, 1.54) is 52.3 Å². The molecule has 162 valence electrons. The summed E-state index contributed by atoms with van der Waals surface area (Å²) in [5.41, 5.74) is 5.07. The molecule has 0 unspecified atom stereocenters. The molecule has 1 aliphatic heterocycles. The highest BCUT2D eigenvalue weighted by atomic mass is 16.5. The quantitative estimate of drug-likeness (QED) is 0.415. The Hall–Kier alpha value is -3.08. The highest BCUT2D eigenvalue weighted by Crippen LogP contribution is 2.38. The van der Waals surface area contributed by atoms with Gasteiger partial charge in [-0.2, -0.15) is 0 Å². The Labute approximate surface area is 183 Å². The number of fused-ring (bicyclic) bond motifs is 2. The normalized spacial score (nSPS) is 14.5. The monoisotopic (exact) mass is 417 g/mol. The van der Waals surface area contributed by atoms with Crippen molar-refractivity contribution in [3.05, 3.63) is 54.4 Å². The van der Waals surface area contributed by atoms with Crippen LogP contribution in [0.15, 0.2) is 48.8 Å². The molecule has 0 saturated carbocycles. The van der Waals surface area contributed by atoms with E-state index >= 15 is 0 Å². The molecule has 0 spiro atoms. The number of hydrogen-bond acceptors (Lipinski definition) is 3.